The second-order valence-electron chi connectivity index (χ2n) is 6.91. The van der Waals surface area contributed by atoms with Crippen molar-refractivity contribution in [1.29, 1.82) is 0 Å². The maximum absolute atomic E-state index is 13.0. The third-order valence-electron chi connectivity index (χ3n) is 4.70. The first-order valence-corrected chi connectivity index (χ1v) is 9.98. The highest BCUT2D eigenvalue weighted by Gasteiger charge is 2.19. The van der Waals surface area contributed by atoms with E-state index >= 15 is 0 Å². The Kier molecular flexibility index (Phi) is 4.79. The van der Waals surface area contributed by atoms with E-state index in [-0.39, 0.29) is 5.91 Å². The van der Waals surface area contributed by atoms with Crippen LogP contribution in [0.3, 0.4) is 0 Å². The number of carbonyl (C=O) groups is 1. The minimum atomic E-state index is -0.228. The fourth-order valence-electron chi connectivity index (χ4n) is 3.39. The topological polar surface area (TPSA) is 81.9 Å². The van der Waals surface area contributed by atoms with E-state index in [0.717, 1.165) is 39.3 Å². The van der Waals surface area contributed by atoms with Gasteiger partial charge in [-0.1, -0.05) is 11.6 Å². The van der Waals surface area contributed by atoms with Crippen LogP contribution in [0, 0.1) is 20.8 Å². The number of methoxy groups -OCH3 is 1. The lowest BCUT2D eigenvalue weighted by molar-refractivity contribution is 0.102. The van der Waals surface area contributed by atoms with E-state index in [0.29, 0.717) is 16.3 Å². The lowest BCUT2D eigenvalue weighted by atomic mass is 10.1. The monoisotopic (exact) mass is 407 g/mol. The van der Waals surface area contributed by atoms with Crippen molar-refractivity contribution in [2.45, 2.75) is 20.8 Å². The van der Waals surface area contributed by atoms with Crippen molar-refractivity contribution < 1.29 is 9.53 Å². The Labute approximate surface area is 172 Å². The minimum Gasteiger partial charge on any atom is -0.496 e. The molecule has 3 heterocycles. The first-order valence-electron chi connectivity index (χ1n) is 9.10. The largest absolute Gasteiger partial charge is 0.496 e. The Bertz CT molecular complexity index is 1240. The average molecular weight is 407 g/mol. The van der Waals surface area contributed by atoms with E-state index in [1.165, 1.54) is 11.3 Å². The van der Waals surface area contributed by atoms with E-state index in [2.05, 4.69) is 20.4 Å². The van der Waals surface area contributed by atoms with E-state index in [4.69, 9.17) is 4.74 Å². The summed E-state index contributed by atoms with van der Waals surface area (Å²) in [6.45, 7) is 5.76. The molecule has 0 unspecified atom stereocenters. The van der Waals surface area contributed by atoms with Crippen LogP contribution in [-0.2, 0) is 7.05 Å². The fourth-order valence-corrected chi connectivity index (χ4v) is 4.10. The number of ether oxygens (including phenoxy) is 1. The lowest BCUT2D eigenvalue weighted by Crippen LogP contribution is -2.13. The number of aromatic nitrogens is 4. The summed E-state index contributed by atoms with van der Waals surface area (Å²) in [5.74, 6) is 0.518. The molecule has 8 heteroatoms. The summed E-state index contributed by atoms with van der Waals surface area (Å²) >= 11 is 1.38. The molecule has 7 nitrogen and oxygen atoms in total. The van der Waals surface area contributed by atoms with Crippen LogP contribution in [0.1, 0.15) is 27.3 Å². The van der Waals surface area contributed by atoms with Gasteiger partial charge < -0.3 is 4.74 Å². The summed E-state index contributed by atoms with van der Waals surface area (Å²) < 4.78 is 7.15. The van der Waals surface area contributed by atoms with Crippen molar-refractivity contribution in [3.8, 4) is 17.0 Å². The normalized spacial score (nSPS) is 11.1. The number of rotatable bonds is 4. The van der Waals surface area contributed by atoms with Crippen molar-refractivity contribution in [2.75, 3.05) is 12.4 Å². The molecule has 0 saturated heterocycles. The van der Waals surface area contributed by atoms with Crippen LogP contribution in [0.15, 0.2) is 29.6 Å². The van der Waals surface area contributed by atoms with E-state index in [1.54, 1.807) is 17.9 Å². The quantitative estimate of drug-likeness (QED) is 0.546. The van der Waals surface area contributed by atoms with Gasteiger partial charge in [0.05, 0.1) is 29.4 Å². The summed E-state index contributed by atoms with van der Waals surface area (Å²) in [5, 5.41) is 10.5. The molecule has 0 atom stereocenters. The van der Waals surface area contributed by atoms with Crippen LogP contribution in [-0.4, -0.2) is 32.8 Å². The van der Waals surface area contributed by atoms with Gasteiger partial charge in [-0.05, 0) is 39.0 Å². The summed E-state index contributed by atoms with van der Waals surface area (Å²) in [4.78, 5) is 22.1. The van der Waals surface area contributed by atoms with Crippen LogP contribution < -0.4 is 10.1 Å². The Morgan fingerprint density at radius 1 is 1.17 bits per heavy atom. The zero-order chi connectivity index (χ0) is 20.7. The number of anilines is 1. The number of hydrogen-bond donors (Lipinski definition) is 1. The van der Waals surface area contributed by atoms with Crippen molar-refractivity contribution in [1.82, 2.24) is 19.7 Å². The predicted molar refractivity (Wildman–Crippen MR) is 115 cm³/mol. The maximum Gasteiger partial charge on any atom is 0.258 e. The molecule has 0 saturated carbocycles. The Morgan fingerprint density at radius 3 is 2.72 bits per heavy atom. The molecule has 0 aliphatic rings. The lowest BCUT2D eigenvalue weighted by Gasteiger charge is -2.07. The van der Waals surface area contributed by atoms with Gasteiger partial charge in [0.2, 0.25) is 0 Å². The number of nitrogens with zero attached hydrogens (tertiary/aromatic N) is 4. The third-order valence-corrected chi connectivity index (χ3v) is 5.45. The number of fused-ring (bicyclic) bond motifs is 1. The molecule has 1 aromatic carbocycles. The summed E-state index contributed by atoms with van der Waals surface area (Å²) in [7, 11) is 3.46. The SMILES string of the molecule is COc1ccc(C)cc1-c1csc(NC(=O)c2cc(C)nc3c2c(C)nn3C)n1. The first-order chi connectivity index (χ1) is 13.9. The molecule has 0 spiro atoms. The molecule has 1 amide bonds. The van der Waals surface area contributed by atoms with Gasteiger partial charge in [0.15, 0.2) is 10.8 Å². The Hall–Kier alpha value is -3.26. The van der Waals surface area contributed by atoms with Gasteiger partial charge in [0, 0.05) is 23.7 Å². The first kappa shape index (κ1) is 19.1. The number of aryl methyl sites for hydroxylation is 4. The molecule has 0 radical (unpaired) electrons. The standard InChI is InChI=1S/C21H21N5O2S/c1-11-6-7-17(28-5)14(8-11)16-10-29-21(23-16)24-20(27)15-9-12(2)22-19-18(15)13(3)25-26(19)4/h6-10H,1-5H3,(H,23,24,27). The van der Waals surface area contributed by atoms with Gasteiger partial charge in [-0.3, -0.25) is 14.8 Å². The number of hydrogen-bond acceptors (Lipinski definition) is 6. The highest BCUT2D eigenvalue weighted by Crippen LogP contribution is 2.33. The van der Waals surface area contributed by atoms with Crippen LogP contribution in [0.5, 0.6) is 5.75 Å². The fraction of sp³-hybridized carbons (Fsp3) is 0.238. The van der Waals surface area contributed by atoms with Gasteiger partial charge >= 0.3 is 0 Å². The van der Waals surface area contributed by atoms with E-state index < -0.39 is 0 Å². The zero-order valence-electron chi connectivity index (χ0n) is 16.9. The summed E-state index contributed by atoms with van der Waals surface area (Å²) in [6, 6.07) is 7.72. The molecule has 4 rings (SSSR count). The van der Waals surface area contributed by atoms with Crippen molar-refractivity contribution in [2.24, 2.45) is 7.05 Å². The Balaban J connectivity index is 1.68. The van der Waals surface area contributed by atoms with Crippen molar-refractivity contribution in [3.63, 3.8) is 0 Å². The van der Waals surface area contributed by atoms with Crippen LogP contribution in [0.25, 0.3) is 22.3 Å². The second kappa shape index (κ2) is 7.29. The van der Waals surface area contributed by atoms with Crippen LogP contribution >= 0.6 is 11.3 Å². The van der Waals surface area contributed by atoms with Crippen LogP contribution in [0.4, 0.5) is 5.13 Å². The molecule has 148 valence electrons. The maximum atomic E-state index is 13.0. The van der Waals surface area contributed by atoms with Gasteiger partial charge in [0.25, 0.3) is 5.91 Å². The molecule has 1 N–H and O–H groups in total. The number of amides is 1. The van der Waals surface area contributed by atoms with Crippen molar-refractivity contribution in [3.05, 3.63) is 52.2 Å². The molecule has 0 aliphatic carbocycles. The minimum absolute atomic E-state index is 0.228. The molecule has 3 aromatic heterocycles. The van der Waals surface area contributed by atoms with E-state index in [1.807, 2.05) is 51.4 Å². The molecule has 0 aliphatic heterocycles. The number of carbonyl (C=O) groups excluding carboxylic acids is 1. The van der Waals surface area contributed by atoms with Gasteiger partial charge in [0.1, 0.15) is 5.75 Å². The molecular formula is C21H21N5O2S. The van der Waals surface area contributed by atoms with Crippen molar-refractivity contribution >= 4 is 33.4 Å². The summed E-state index contributed by atoms with van der Waals surface area (Å²) in [5.41, 5.74) is 5.54. The molecule has 4 aromatic rings. The van der Waals surface area contributed by atoms with Gasteiger partial charge in [-0.25, -0.2) is 9.97 Å². The number of nitrogens with one attached hydrogen (secondary N) is 1. The zero-order valence-corrected chi connectivity index (χ0v) is 17.7. The third kappa shape index (κ3) is 3.47. The van der Waals surface area contributed by atoms with Gasteiger partial charge in [-0.2, -0.15) is 5.10 Å². The number of benzene rings is 1. The van der Waals surface area contributed by atoms with Crippen LogP contribution in [0.2, 0.25) is 0 Å². The Morgan fingerprint density at radius 2 is 1.97 bits per heavy atom. The molecule has 0 bridgehead atoms. The second-order valence-corrected chi connectivity index (χ2v) is 7.77. The van der Waals surface area contributed by atoms with Gasteiger partial charge in [-0.15, -0.1) is 11.3 Å². The smallest absolute Gasteiger partial charge is 0.258 e. The highest BCUT2D eigenvalue weighted by atomic mass is 32.1. The average Bonchev–Trinajstić information content (AvgIpc) is 3.25. The molecular weight excluding hydrogens is 386 g/mol. The predicted octanol–water partition coefficient (Wildman–Crippen LogP) is 4.28. The number of pyridine rings is 1. The molecule has 0 fully saturated rings. The summed E-state index contributed by atoms with van der Waals surface area (Å²) in [6.07, 6.45) is 0. The number of thiazole rings is 1. The molecule has 29 heavy (non-hydrogen) atoms. The van der Waals surface area contributed by atoms with E-state index in [9.17, 15) is 4.79 Å². The highest BCUT2D eigenvalue weighted by molar-refractivity contribution is 7.14.